The zero-order chi connectivity index (χ0) is 8.10. The Balaban J connectivity index is 2.62. The molecule has 5 nitrogen and oxygen atoms in total. The molecule has 0 fully saturated rings. The molecular formula is C6H8O5. The van der Waals surface area contributed by atoms with Crippen LogP contribution in [0.3, 0.4) is 0 Å². The zero-order valence-corrected chi connectivity index (χ0v) is 5.69. The van der Waals surface area contributed by atoms with Gasteiger partial charge in [0, 0.05) is 6.07 Å². The van der Waals surface area contributed by atoms with Crippen LogP contribution in [0.1, 0.15) is 0 Å². The van der Waals surface area contributed by atoms with Gasteiger partial charge in [0.2, 0.25) is 5.75 Å². The first kappa shape index (κ1) is 7.90. The van der Waals surface area contributed by atoms with Crippen LogP contribution in [-0.2, 0) is 0 Å². The second-order valence-corrected chi connectivity index (χ2v) is 1.62. The van der Waals surface area contributed by atoms with Gasteiger partial charge in [-0.1, -0.05) is 0 Å². The molecule has 0 atom stereocenters. The summed E-state index contributed by atoms with van der Waals surface area (Å²) in [6.45, 7) is -0.948. The minimum atomic E-state index is -0.491. The van der Waals surface area contributed by atoms with Crippen molar-refractivity contribution in [1.29, 1.82) is 0 Å². The molecule has 0 unspecified atom stereocenters. The van der Waals surface area contributed by atoms with Crippen LogP contribution in [0.4, 0.5) is 0 Å². The Morgan fingerprint density at radius 2 is 2.00 bits per heavy atom. The molecule has 0 aromatic carbocycles. The topological polar surface area (TPSA) is 72.1 Å². The predicted octanol–water partition coefficient (Wildman–Crippen LogP) is -0.0632. The van der Waals surface area contributed by atoms with Gasteiger partial charge in [0.1, 0.15) is 0 Å². The first-order chi connectivity index (χ1) is 5.38. The number of aliphatic hydroxyl groups excluding tert-OH is 2. The molecule has 1 aromatic heterocycles. The predicted molar refractivity (Wildman–Crippen MR) is 34.1 cm³/mol. The average Bonchev–Trinajstić information content (AvgIpc) is 2.39. The van der Waals surface area contributed by atoms with Crippen molar-refractivity contribution in [3.63, 3.8) is 0 Å². The van der Waals surface area contributed by atoms with Crippen molar-refractivity contribution < 1.29 is 24.1 Å². The van der Waals surface area contributed by atoms with Crippen molar-refractivity contribution in [1.82, 2.24) is 0 Å². The molecule has 0 aliphatic carbocycles. The number of ether oxygens (including phenoxy) is 2. The molecule has 0 aliphatic heterocycles. The van der Waals surface area contributed by atoms with Gasteiger partial charge in [-0.05, 0) is 0 Å². The number of aliphatic hydroxyl groups is 2. The Hall–Kier alpha value is -1.20. The molecule has 2 N–H and O–H groups in total. The summed E-state index contributed by atoms with van der Waals surface area (Å²) in [6.07, 6.45) is 1.33. The van der Waals surface area contributed by atoms with Gasteiger partial charge in [0.25, 0.3) is 0 Å². The third-order valence-corrected chi connectivity index (χ3v) is 1.01. The second kappa shape index (κ2) is 3.85. The SMILES string of the molecule is OCOc1ccoc1OCO. The average molecular weight is 160 g/mol. The molecular weight excluding hydrogens is 152 g/mol. The van der Waals surface area contributed by atoms with Crippen molar-refractivity contribution in [3.05, 3.63) is 12.3 Å². The normalized spacial score (nSPS) is 9.64. The lowest BCUT2D eigenvalue weighted by Gasteiger charge is -2.00. The Kier molecular flexibility index (Phi) is 2.76. The Bertz CT molecular complexity index is 186. The van der Waals surface area contributed by atoms with Crippen LogP contribution in [0, 0.1) is 0 Å². The number of hydrogen-bond acceptors (Lipinski definition) is 5. The molecule has 1 heterocycles. The Morgan fingerprint density at radius 3 is 2.64 bits per heavy atom. The molecule has 0 saturated heterocycles. The maximum atomic E-state index is 8.35. The monoisotopic (exact) mass is 160 g/mol. The van der Waals surface area contributed by atoms with Gasteiger partial charge in [-0.25, -0.2) is 0 Å². The largest absolute Gasteiger partial charge is 0.460 e. The fourth-order valence-electron chi connectivity index (χ4n) is 0.624. The van der Waals surface area contributed by atoms with E-state index in [4.69, 9.17) is 14.6 Å². The molecule has 0 saturated carbocycles. The molecule has 0 radical (unpaired) electrons. The lowest BCUT2D eigenvalue weighted by molar-refractivity contribution is 0.0572. The van der Waals surface area contributed by atoms with E-state index in [0.29, 0.717) is 0 Å². The van der Waals surface area contributed by atoms with E-state index in [-0.39, 0.29) is 11.7 Å². The van der Waals surface area contributed by atoms with Crippen molar-refractivity contribution in [2.24, 2.45) is 0 Å². The van der Waals surface area contributed by atoms with Crippen LogP contribution in [0.5, 0.6) is 11.7 Å². The van der Waals surface area contributed by atoms with Gasteiger partial charge < -0.3 is 24.1 Å². The summed E-state index contributed by atoms with van der Waals surface area (Å²) in [7, 11) is 0. The minimum Gasteiger partial charge on any atom is -0.460 e. The van der Waals surface area contributed by atoms with Gasteiger partial charge in [-0.2, -0.15) is 0 Å². The van der Waals surface area contributed by atoms with Gasteiger partial charge in [-0.15, -0.1) is 0 Å². The third-order valence-electron chi connectivity index (χ3n) is 1.01. The van der Waals surface area contributed by atoms with E-state index in [2.05, 4.69) is 9.47 Å². The highest BCUT2D eigenvalue weighted by Crippen LogP contribution is 2.27. The Labute approximate surface area is 62.8 Å². The maximum Gasteiger partial charge on any atom is 0.330 e. The summed E-state index contributed by atoms with van der Waals surface area (Å²) in [5, 5.41) is 16.7. The zero-order valence-electron chi connectivity index (χ0n) is 5.69. The molecule has 62 valence electrons. The van der Waals surface area contributed by atoms with E-state index >= 15 is 0 Å². The third kappa shape index (κ3) is 1.86. The van der Waals surface area contributed by atoms with Gasteiger partial charge in [0.15, 0.2) is 13.6 Å². The lowest BCUT2D eigenvalue weighted by atomic mass is 10.6. The molecule has 1 aromatic rings. The highest BCUT2D eigenvalue weighted by atomic mass is 16.7. The van der Waals surface area contributed by atoms with E-state index < -0.39 is 13.6 Å². The first-order valence-electron chi connectivity index (χ1n) is 2.93. The minimum absolute atomic E-state index is 0.0570. The van der Waals surface area contributed by atoms with Crippen molar-refractivity contribution in [2.75, 3.05) is 13.6 Å². The van der Waals surface area contributed by atoms with Crippen molar-refractivity contribution >= 4 is 0 Å². The van der Waals surface area contributed by atoms with E-state index in [9.17, 15) is 0 Å². The molecule has 5 heteroatoms. The second-order valence-electron chi connectivity index (χ2n) is 1.62. The van der Waals surface area contributed by atoms with Crippen LogP contribution in [0.25, 0.3) is 0 Å². The van der Waals surface area contributed by atoms with Crippen LogP contribution in [0.2, 0.25) is 0 Å². The summed E-state index contributed by atoms with van der Waals surface area (Å²) in [5.41, 5.74) is 0. The quantitative estimate of drug-likeness (QED) is 0.603. The summed E-state index contributed by atoms with van der Waals surface area (Å²) < 4.78 is 14.0. The van der Waals surface area contributed by atoms with E-state index in [1.807, 2.05) is 0 Å². The molecule has 0 aliphatic rings. The van der Waals surface area contributed by atoms with Crippen LogP contribution in [-0.4, -0.2) is 23.8 Å². The molecule has 11 heavy (non-hydrogen) atoms. The fraction of sp³-hybridized carbons (Fsp3) is 0.333. The van der Waals surface area contributed by atoms with E-state index in [0.717, 1.165) is 0 Å². The lowest BCUT2D eigenvalue weighted by Crippen LogP contribution is -1.98. The summed E-state index contributed by atoms with van der Waals surface area (Å²) in [6, 6.07) is 1.47. The van der Waals surface area contributed by atoms with Gasteiger partial charge in [-0.3, -0.25) is 0 Å². The highest BCUT2D eigenvalue weighted by molar-refractivity contribution is 5.29. The van der Waals surface area contributed by atoms with Crippen LogP contribution < -0.4 is 9.47 Å². The Morgan fingerprint density at radius 1 is 1.27 bits per heavy atom. The van der Waals surface area contributed by atoms with E-state index in [1.54, 1.807) is 0 Å². The summed E-state index contributed by atoms with van der Waals surface area (Å²) in [5.74, 6) is 0.322. The number of hydrogen-bond donors (Lipinski definition) is 2. The van der Waals surface area contributed by atoms with Gasteiger partial charge in [0.05, 0.1) is 6.26 Å². The number of rotatable bonds is 4. The smallest absolute Gasteiger partial charge is 0.330 e. The van der Waals surface area contributed by atoms with Crippen LogP contribution >= 0.6 is 0 Å². The van der Waals surface area contributed by atoms with E-state index in [1.165, 1.54) is 12.3 Å². The molecule has 0 amide bonds. The van der Waals surface area contributed by atoms with Gasteiger partial charge >= 0.3 is 5.95 Å². The fourth-order valence-corrected chi connectivity index (χ4v) is 0.624. The summed E-state index contributed by atoms with van der Waals surface area (Å²) in [4.78, 5) is 0. The van der Waals surface area contributed by atoms with Crippen LogP contribution in [0.15, 0.2) is 16.7 Å². The first-order valence-corrected chi connectivity index (χ1v) is 2.93. The standard InChI is InChI=1S/C6H8O5/c7-3-10-5-1-2-9-6(5)11-4-8/h1-2,7-8H,3-4H2. The summed E-state index contributed by atoms with van der Waals surface area (Å²) >= 11 is 0. The molecule has 0 bridgehead atoms. The molecule has 1 rings (SSSR count). The van der Waals surface area contributed by atoms with Crippen molar-refractivity contribution in [3.8, 4) is 11.7 Å². The number of furan rings is 1. The maximum absolute atomic E-state index is 8.35. The molecule has 0 spiro atoms. The van der Waals surface area contributed by atoms with Crippen molar-refractivity contribution in [2.45, 2.75) is 0 Å². The highest BCUT2D eigenvalue weighted by Gasteiger charge is 2.07.